The maximum absolute atomic E-state index is 12.2. The van der Waals surface area contributed by atoms with Gasteiger partial charge in [-0.3, -0.25) is 9.69 Å². The zero-order valence-electron chi connectivity index (χ0n) is 14.4. The first-order valence-corrected chi connectivity index (χ1v) is 10.1. The molecule has 0 saturated carbocycles. The Balaban J connectivity index is 1.80. The molecule has 1 fully saturated rings. The Kier molecular flexibility index (Phi) is 6.00. The highest BCUT2D eigenvalue weighted by Crippen LogP contribution is 2.33. The van der Waals surface area contributed by atoms with Gasteiger partial charge in [0.2, 0.25) is 5.91 Å². The molecule has 1 aromatic carbocycles. The van der Waals surface area contributed by atoms with Gasteiger partial charge >= 0.3 is 0 Å². The summed E-state index contributed by atoms with van der Waals surface area (Å²) < 4.78 is 0. The molecular formula is C18H22Cl2N3OS+. The summed E-state index contributed by atoms with van der Waals surface area (Å²) in [7, 11) is 0. The van der Waals surface area contributed by atoms with Gasteiger partial charge in [0.15, 0.2) is 5.13 Å². The monoisotopic (exact) mass is 398 g/mol. The zero-order chi connectivity index (χ0) is 18.0. The van der Waals surface area contributed by atoms with E-state index in [1.54, 1.807) is 28.0 Å². The van der Waals surface area contributed by atoms with Gasteiger partial charge in [0.1, 0.15) is 12.2 Å². The van der Waals surface area contributed by atoms with Gasteiger partial charge in [-0.05, 0) is 31.0 Å². The molecule has 1 aliphatic heterocycles. The van der Waals surface area contributed by atoms with Gasteiger partial charge in [-0.2, -0.15) is 0 Å². The van der Waals surface area contributed by atoms with E-state index in [4.69, 9.17) is 28.2 Å². The third-order valence-electron chi connectivity index (χ3n) is 4.50. The Hall–Kier alpha value is -1.14. The van der Waals surface area contributed by atoms with E-state index in [2.05, 4.69) is 12.3 Å². The van der Waals surface area contributed by atoms with E-state index in [9.17, 15) is 4.79 Å². The minimum atomic E-state index is -0.0989. The van der Waals surface area contributed by atoms with Crippen molar-refractivity contribution in [2.45, 2.75) is 33.2 Å². The third kappa shape index (κ3) is 4.53. The number of carbonyl (C=O) groups excluding carboxylic acids is 1. The van der Waals surface area contributed by atoms with Crippen molar-refractivity contribution in [1.29, 1.82) is 0 Å². The Labute approximate surface area is 162 Å². The highest BCUT2D eigenvalue weighted by molar-refractivity contribution is 7.14. The molecule has 1 unspecified atom stereocenters. The summed E-state index contributed by atoms with van der Waals surface area (Å²) >= 11 is 13.6. The van der Waals surface area contributed by atoms with Gasteiger partial charge in [0.05, 0.1) is 28.8 Å². The SMILES string of the molecule is CC(=O)N(c1ccc(Cl)c(Cl)c1)c1nc(C[NH+]2CCC[C@H](C)C2)cs1. The van der Waals surface area contributed by atoms with Gasteiger partial charge in [-0.15, -0.1) is 11.3 Å². The van der Waals surface area contributed by atoms with E-state index in [1.807, 2.05) is 0 Å². The van der Waals surface area contributed by atoms with Crippen LogP contribution in [0.1, 0.15) is 32.4 Å². The fourth-order valence-corrected chi connectivity index (χ4v) is 4.52. The summed E-state index contributed by atoms with van der Waals surface area (Å²) in [5.74, 6) is 0.671. The van der Waals surface area contributed by atoms with Crippen LogP contribution in [0.25, 0.3) is 0 Å². The van der Waals surface area contributed by atoms with E-state index in [1.165, 1.54) is 44.2 Å². The Morgan fingerprint density at radius 3 is 2.88 bits per heavy atom. The maximum atomic E-state index is 12.2. The lowest BCUT2D eigenvalue weighted by molar-refractivity contribution is -0.922. The van der Waals surface area contributed by atoms with E-state index in [0.717, 1.165) is 18.2 Å². The number of halogens is 2. The Bertz CT molecular complexity index is 765. The second kappa shape index (κ2) is 8.04. The summed E-state index contributed by atoms with van der Waals surface area (Å²) in [6.45, 7) is 7.14. The van der Waals surface area contributed by atoms with Gasteiger partial charge in [0.25, 0.3) is 0 Å². The molecule has 4 nitrogen and oxygen atoms in total. The number of benzene rings is 1. The predicted octanol–water partition coefficient (Wildman–Crippen LogP) is 3.95. The molecule has 7 heteroatoms. The standard InChI is InChI=1S/C18H21Cl2N3OS/c1-12-4-3-7-22(9-12)10-14-11-25-18(21-14)23(13(2)24)15-5-6-16(19)17(20)8-15/h5-6,8,11-12H,3-4,7,9-10H2,1-2H3/p+1/t12-/m0/s1. The molecule has 1 saturated heterocycles. The quantitative estimate of drug-likeness (QED) is 0.846. The number of rotatable bonds is 4. The molecule has 2 heterocycles. The van der Waals surface area contributed by atoms with Crippen LogP contribution in [0.4, 0.5) is 10.8 Å². The van der Waals surface area contributed by atoms with Crippen molar-refractivity contribution in [3.8, 4) is 0 Å². The van der Waals surface area contributed by atoms with Crippen LogP contribution in [0.15, 0.2) is 23.6 Å². The van der Waals surface area contributed by atoms with Gasteiger partial charge < -0.3 is 4.90 Å². The lowest BCUT2D eigenvalue weighted by atomic mass is 10.0. The highest BCUT2D eigenvalue weighted by Gasteiger charge is 2.23. The number of amides is 1. The molecule has 1 N–H and O–H groups in total. The second-order valence-electron chi connectivity index (χ2n) is 6.70. The molecule has 1 amide bonds. The lowest BCUT2D eigenvalue weighted by Gasteiger charge is -2.27. The number of thiazole rings is 1. The molecule has 2 atom stereocenters. The summed E-state index contributed by atoms with van der Waals surface area (Å²) in [6, 6.07) is 5.18. The molecule has 2 aromatic rings. The van der Waals surface area contributed by atoms with Gasteiger partial charge in [0, 0.05) is 18.2 Å². The first-order valence-electron chi connectivity index (χ1n) is 8.47. The number of anilines is 2. The minimum absolute atomic E-state index is 0.0989. The Morgan fingerprint density at radius 1 is 1.40 bits per heavy atom. The normalized spacial score (nSPS) is 20.5. The van der Waals surface area contributed by atoms with Crippen LogP contribution in [0.3, 0.4) is 0 Å². The van der Waals surface area contributed by atoms with E-state index in [0.29, 0.717) is 20.9 Å². The van der Waals surface area contributed by atoms with Crippen LogP contribution in [-0.2, 0) is 11.3 Å². The molecule has 1 aliphatic rings. The molecule has 1 aromatic heterocycles. The molecular weight excluding hydrogens is 377 g/mol. The van der Waals surface area contributed by atoms with Crippen molar-refractivity contribution in [2.75, 3.05) is 18.0 Å². The van der Waals surface area contributed by atoms with Crippen molar-refractivity contribution < 1.29 is 9.69 Å². The fourth-order valence-electron chi connectivity index (χ4n) is 3.35. The molecule has 134 valence electrons. The van der Waals surface area contributed by atoms with Crippen molar-refractivity contribution in [3.63, 3.8) is 0 Å². The van der Waals surface area contributed by atoms with Gasteiger partial charge in [-0.25, -0.2) is 4.98 Å². The predicted molar refractivity (Wildman–Crippen MR) is 104 cm³/mol. The van der Waals surface area contributed by atoms with Crippen LogP contribution >= 0.6 is 34.5 Å². The number of hydrogen-bond donors (Lipinski definition) is 1. The average molecular weight is 399 g/mol. The van der Waals surface area contributed by atoms with E-state index < -0.39 is 0 Å². The minimum Gasteiger partial charge on any atom is -0.330 e. The second-order valence-corrected chi connectivity index (χ2v) is 8.35. The summed E-state index contributed by atoms with van der Waals surface area (Å²) in [6.07, 6.45) is 2.59. The van der Waals surface area contributed by atoms with Crippen LogP contribution < -0.4 is 9.80 Å². The number of piperidine rings is 1. The third-order valence-corrected chi connectivity index (χ3v) is 6.12. The molecule has 0 aliphatic carbocycles. The van der Waals surface area contributed by atoms with E-state index in [-0.39, 0.29) is 5.91 Å². The molecule has 3 rings (SSSR count). The Morgan fingerprint density at radius 2 is 2.20 bits per heavy atom. The lowest BCUT2D eigenvalue weighted by Crippen LogP contribution is -3.12. The van der Waals surface area contributed by atoms with Crippen LogP contribution in [-0.4, -0.2) is 24.0 Å². The largest absolute Gasteiger partial charge is 0.330 e. The molecule has 0 radical (unpaired) electrons. The van der Waals surface area contributed by atoms with Crippen molar-refractivity contribution in [3.05, 3.63) is 39.3 Å². The van der Waals surface area contributed by atoms with E-state index >= 15 is 0 Å². The number of carbonyl (C=O) groups is 1. The van der Waals surface area contributed by atoms with Crippen LogP contribution in [0.2, 0.25) is 10.0 Å². The molecule has 0 spiro atoms. The first kappa shape index (κ1) is 18.6. The number of hydrogen-bond acceptors (Lipinski definition) is 3. The van der Waals surface area contributed by atoms with Crippen LogP contribution in [0.5, 0.6) is 0 Å². The van der Waals surface area contributed by atoms with Crippen molar-refractivity contribution in [1.82, 2.24) is 4.98 Å². The first-order chi connectivity index (χ1) is 11.9. The summed E-state index contributed by atoms with van der Waals surface area (Å²) in [5, 5.41) is 3.62. The fraction of sp³-hybridized carbons (Fsp3) is 0.444. The number of nitrogens with zero attached hydrogens (tertiary/aromatic N) is 2. The molecule has 25 heavy (non-hydrogen) atoms. The maximum Gasteiger partial charge on any atom is 0.230 e. The molecule has 0 bridgehead atoms. The number of quaternary nitrogens is 1. The topological polar surface area (TPSA) is 37.6 Å². The van der Waals surface area contributed by atoms with Crippen molar-refractivity contribution in [2.24, 2.45) is 5.92 Å². The number of aromatic nitrogens is 1. The number of likely N-dealkylation sites (tertiary alicyclic amines) is 1. The van der Waals surface area contributed by atoms with Gasteiger partial charge in [-0.1, -0.05) is 30.1 Å². The average Bonchev–Trinajstić information content (AvgIpc) is 2.98. The van der Waals surface area contributed by atoms with Crippen LogP contribution in [0, 0.1) is 5.92 Å². The summed E-state index contributed by atoms with van der Waals surface area (Å²) in [4.78, 5) is 20.1. The van der Waals surface area contributed by atoms with Crippen molar-refractivity contribution >= 4 is 51.3 Å². The smallest absolute Gasteiger partial charge is 0.230 e. The zero-order valence-corrected chi connectivity index (χ0v) is 16.7. The highest BCUT2D eigenvalue weighted by atomic mass is 35.5. The number of nitrogens with one attached hydrogen (secondary N) is 1. The summed E-state index contributed by atoms with van der Waals surface area (Å²) in [5.41, 5.74) is 1.72.